The Labute approximate surface area is 167 Å². The van der Waals surface area contributed by atoms with Gasteiger partial charge in [0.05, 0.1) is 16.8 Å². The molecule has 0 saturated carbocycles. The van der Waals surface area contributed by atoms with Gasteiger partial charge in [-0.25, -0.2) is 5.43 Å². The molecule has 0 aliphatic heterocycles. The largest absolute Gasteiger partial charge is 0.272 e. The second kappa shape index (κ2) is 8.54. The molecule has 2 aromatic carbocycles. The van der Waals surface area contributed by atoms with E-state index in [0.29, 0.717) is 16.1 Å². The fraction of sp³-hybridized carbons (Fsp3) is 0.0952. The van der Waals surface area contributed by atoms with Crippen molar-refractivity contribution in [3.8, 4) is 0 Å². The number of hydrogen-bond acceptors (Lipinski definition) is 3. The molecule has 6 nitrogen and oxygen atoms in total. The van der Waals surface area contributed by atoms with E-state index in [-0.39, 0.29) is 5.91 Å². The molecule has 28 heavy (non-hydrogen) atoms. The zero-order valence-corrected chi connectivity index (χ0v) is 16.2. The molecule has 3 aromatic rings. The summed E-state index contributed by atoms with van der Waals surface area (Å²) in [5.74, 6) is -0.606. The fourth-order valence-corrected chi connectivity index (χ4v) is 2.93. The van der Waals surface area contributed by atoms with Crippen molar-refractivity contribution in [1.82, 2.24) is 10.1 Å². The first-order valence-corrected chi connectivity index (χ1v) is 8.98. The Morgan fingerprint density at radius 1 is 1.00 bits per heavy atom. The summed E-state index contributed by atoms with van der Waals surface area (Å²) in [6.45, 7) is 3.73. The lowest BCUT2D eigenvalue weighted by atomic mass is 10.2. The second-order valence-electron chi connectivity index (χ2n) is 6.15. The molecule has 0 unspecified atom stereocenters. The van der Waals surface area contributed by atoms with Crippen LogP contribution in [0.4, 0.5) is 0 Å². The van der Waals surface area contributed by atoms with Crippen LogP contribution in [0, 0.1) is 13.8 Å². The molecule has 142 valence electrons. The molecule has 2 amide bonds. The molecule has 3 rings (SSSR count). The Morgan fingerprint density at radius 2 is 1.68 bits per heavy atom. The van der Waals surface area contributed by atoms with Crippen LogP contribution in [0.2, 0.25) is 5.02 Å². The number of carbonyl (C=O) groups is 2. The zero-order chi connectivity index (χ0) is 20.1. The monoisotopic (exact) mass is 394 g/mol. The highest BCUT2D eigenvalue weighted by Crippen LogP contribution is 2.15. The number of nitrogens with zero attached hydrogens (tertiary/aromatic N) is 2. The normalized spacial score (nSPS) is 10.8. The van der Waals surface area contributed by atoms with E-state index in [1.165, 1.54) is 6.21 Å². The molecule has 2 N–H and O–H groups in total. The summed E-state index contributed by atoms with van der Waals surface area (Å²) in [6, 6.07) is 17.6. The number of benzene rings is 2. The van der Waals surface area contributed by atoms with Crippen molar-refractivity contribution in [3.63, 3.8) is 0 Å². The number of amides is 2. The van der Waals surface area contributed by atoms with Crippen molar-refractivity contribution in [2.75, 3.05) is 5.43 Å². The molecule has 0 fully saturated rings. The smallest absolute Gasteiger partial charge is 0.267 e. The van der Waals surface area contributed by atoms with Gasteiger partial charge in [0.25, 0.3) is 11.8 Å². The second-order valence-corrected chi connectivity index (χ2v) is 6.56. The highest BCUT2D eigenvalue weighted by Gasteiger charge is 2.12. The van der Waals surface area contributed by atoms with E-state index < -0.39 is 5.91 Å². The third-order valence-electron chi connectivity index (χ3n) is 4.21. The van der Waals surface area contributed by atoms with Gasteiger partial charge in [0, 0.05) is 22.5 Å². The van der Waals surface area contributed by atoms with E-state index in [0.717, 1.165) is 17.0 Å². The Morgan fingerprint density at radius 3 is 2.39 bits per heavy atom. The van der Waals surface area contributed by atoms with Gasteiger partial charge >= 0.3 is 0 Å². The molecular formula is C21H19ClN4O2. The first kappa shape index (κ1) is 19.4. The predicted molar refractivity (Wildman–Crippen MR) is 111 cm³/mol. The lowest BCUT2D eigenvalue weighted by Gasteiger charge is -2.11. The van der Waals surface area contributed by atoms with Crippen LogP contribution in [0.5, 0.6) is 0 Å². The summed E-state index contributed by atoms with van der Waals surface area (Å²) in [5, 5.41) is 4.36. The van der Waals surface area contributed by atoms with Crippen LogP contribution >= 0.6 is 11.6 Å². The number of nitrogens with one attached hydrogen (secondary N) is 2. The quantitative estimate of drug-likeness (QED) is 0.508. The molecule has 0 radical (unpaired) electrons. The predicted octanol–water partition coefficient (Wildman–Crippen LogP) is 3.91. The Balaban J connectivity index is 1.71. The average Bonchev–Trinajstić information content (AvgIpc) is 2.96. The van der Waals surface area contributed by atoms with E-state index in [1.54, 1.807) is 41.1 Å². The lowest BCUT2D eigenvalue weighted by Crippen LogP contribution is -2.24. The van der Waals surface area contributed by atoms with Crippen LogP contribution in [0.25, 0.3) is 0 Å². The number of carbonyl (C=O) groups excluding carboxylic acids is 2. The van der Waals surface area contributed by atoms with Gasteiger partial charge in [0.1, 0.15) is 0 Å². The molecule has 0 atom stereocenters. The van der Waals surface area contributed by atoms with Gasteiger partial charge < -0.3 is 0 Å². The molecule has 0 aliphatic rings. The van der Waals surface area contributed by atoms with E-state index in [2.05, 4.69) is 16.0 Å². The molecule has 1 aromatic heterocycles. The van der Waals surface area contributed by atoms with Crippen molar-refractivity contribution in [2.24, 2.45) is 5.10 Å². The van der Waals surface area contributed by atoms with Crippen molar-refractivity contribution >= 4 is 29.6 Å². The molecule has 0 aliphatic carbocycles. The summed E-state index contributed by atoms with van der Waals surface area (Å²) >= 11 is 6.01. The number of rotatable bonds is 5. The molecule has 1 heterocycles. The summed E-state index contributed by atoms with van der Waals surface area (Å²) in [7, 11) is 0. The van der Waals surface area contributed by atoms with E-state index in [4.69, 9.17) is 11.6 Å². The Hall–Kier alpha value is -3.38. The van der Waals surface area contributed by atoms with Gasteiger partial charge in [0.15, 0.2) is 0 Å². The van der Waals surface area contributed by atoms with Gasteiger partial charge in [-0.05, 0) is 44.2 Å². The number of halogens is 1. The highest BCUT2D eigenvalue weighted by atomic mass is 35.5. The van der Waals surface area contributed by atoms with Gasteiger partial charge in [0.2, 0.25) is 0 Å². The van der Waals surface area contributed by atoms with Crippen LogP contribution in [0.15, 0.2) is 65.8 Å². The van der Waals surface area contributed by atoms with Crippen LogP contribution < -0.4 is 10.9 Å². The maximum Gasteiger partial charge on any atom is 0.272 e. The number of hydrogen-bond donors (Lipinski definition) is 2. The minimum absolute atomic E-state index is 0.210. The van der Waals surface area contributed by atoms with Gasteiger partial charge in [-0.3, -0.25) is 19.7 Å². The van der Waals surface area contributed by atoms with Gasteiger partial charge in [-0.2, -0.15) is 5.10 Å². The molecule has 0 bridgehead atoms. The standard InChI is InChI=1S/C21H19ClN4O2/c1-14-12-17(13-23-24-21(28)18-10-6-7-11-19(18)22)15(2)26(14)25-20(27)16-8-4-3-5-9-16/h3-13H,1-2H3,(H,24,28)(H,25,27)/b23-13-. The van der Waals surface area contributed by atoms with Crippen LogP contribution in [-0.4, -0.2) is 22.7 Å². The minimum Gasteiger partial charge on any atom is -0.267 e. The summed E-state index contributed by atoms with van der Waals surface area (Å²) < 4.78 is 1.69. The molecule has 0 spiro atoms. The van der Waals surface area contributed by atoms with Crippen LogP contribution in [-0.2, 0) is 0 Å². The topological polar surface area (TPSA) is 75.5 Å². The van der Waals surface area contributed by atoms with Crippen LogP contribution in [0.1, 0.15) is 37.7 Å². The molecular weight excluding hydrogens is 376 g/mol. The minimum atomic E-state index is -0.395. The van der Waals surface area contributed by atoms with E-state index in [1.807, 2.05) is 38.1 Å². The maximum atomic E-state index is 12.4. The van der Waals surface area contributed by atoms with E-state index >= 15 is 0 Å². The van der Waals surface area contributed by atoms with E-state index in [9.17, 15) is 9.59 Å². The fourth-order valence-electron chi connectivity index (χ4n) is 2.71. The number of aromatic nitrogens is 1. The van der Waals surface area contributed by atoms with Gasteiger partial charge in [-0.1, -0.05) is 41.9 Å². The van der Waals surface area contributed by atoms with Crippen molar-refractivity contribution in [1.29, 1.82) is 0 Å². The Bertz CT molecular complexity index is 1040. The summed E-state index contributed by atoms with van der Waals surface area (Å²) in [6.07, 6.45) is 1.53. The molecule has 7 heteroatoms. The van der Waals surface area contributed by atoms with Gasteiger partial charge in [-0.15, -0.1) is 0 Å². The van der Waals surface area contributed by atoms with Crippen molar-refractivity contribution in [2.45, 2.75) is 13.8 Å². The zero-order valence-electron chi connectivity index (χ0n) is 15.4. The van der Waals surface area contributed by atoms with Crippen molar-refractivity contribution in [3.05, 3.63) is 93.8 Å². The lowest BCUT2D eigenvalue weighted by molar-refractivity contribution is 0.0954. The average molecular weight is 395 g/mol. The first-order valence-electron chi connectivity index (χ1n) is 8.60. The first-order chi connectivity index (χ1) is 13.5. The molecule has 0 saturated heterocycles. The summed E-state index contributed by atoms with van der Waals surface area (Å²) in [4.78, 5) is 24.5. The van der Waals surface area contributed by atoms with Crippen LogP contribution in [0.3, 0.4) is 0 Å². The maximum absolute atomic E-state index is 12.4. The third kappa shape index (κ3) is 4.29. The number of hydrazone groups is 1. The third-order valence-corrected chi connectivity index (χ3v) is 4.54. The SMILES string of the molecule is Cc1cc(/C=N\NC(=O)c2ccccc2Cl)c(C)n1NC(=O)c1ccccc1. The number of aryl methyl sites for hydroxylation is 1. The highest BCUT2D eigenvalue weighted by molar-refractivity contribution is 6.33. The van der Waals surface area contributed by atoms with Crippen molar-refractivity contribution < 1.29 is 9.59 Å². The Kier molecular flexibility index (Phi) is 5.91. The summed E-state index contributed by atoms with van der Waals surface area (Å²) in [5.41, 5.74) is 8.63.